The summed E-state index contributed by atoms with van der Waals surface area (Å²) >= 11 is 0. The number of phenols is 2. The second-order valence-electron chi connectivity index (χ2n) is 4.11. The van der Waals surface area contributed by atoms with Crippen molar-refractivity contribution < 1.29 is 23.4 Å². The first-order valence-corrected chi connectivity index (χ1v) is 5.22. The number of nitrogens with one attached hydrogen (secondary N) is 1. The molecule has 1 unspecified atom stereocenters. The van der Waals surface area contributed by atoms with Gasteiger partial charge in [0, 0.05) is 0 Å². The highest BCUT2D eigenvalue weighted by atomic mass is 19.4. The molecule has 1 heterocycles. The van der Waals surface area contributed by atoms with Crippen molar-refractivity contribution in [3.63, 3.8) is 0 Å². The lowest BCUT2D eigenvalue weighted by Gasteiger charge is -2.19. The molecule has 0 aliphatic carbocycles. The third-order valence-corrected chi connectivity index (χ3v) is 2.90. The van der Waals surface area contributed by atoms with Gasteiger partial charge in [0.25, 0.3) is 0 Å². The van der Waals surface area contributed by atoms with Crippen LogP contribution < -0.4 is 5.32 Å². The Bertz CT molecular complexity index is 431. The number of benzene rings is 1. The Hall–Kier alpha value is -1.43. The molecule has 0 aromatic heterocycles. The van der Waals surface area contributed by atoms with Crippen LogP contribution in [0, 0.1) is 0 Å². The van der Waals surface area contributed by atoms with Crippen molar-refractivity contribution in [2.45, 2.75) is 25.1 Å². The fourth-order valence-electron chi connectivity index (χ4n) is 1.99. The molecule has 17 heavy (non-hydrogen) atoms. The lowest BCUT2D eigenvalue weighted by molar-refractivity contribution is -0.155. The van der Waals surface area contributed by atoms with Crippen molar-refractivity contribution in [1.82, 2.24) is 5.32 Å². The van der Waals surface area contributed by atoms with E-state index in [0.29, 0.717) is 17.5 Å². The fourth-order valence-corrected chi connectivity index (χ4v) is 1.99. The van der Waals surface area contributed by atoms with Crippen LogP contribution in [0.5, 0.6) is 11.5 Å². The molecule has 3 N–H and O–H groups in total. The van der Waals surface area contributed by atoms with Crippen LogP contribution in [0.2, 0.25) is 0 Å². The van der Waals surface area contributed by atoms with Crippen molar-refractivity contribution in [1.29, 1.82) is 0 Å². The molecule has 1 aliphatic rings. The van der Waals surface area contributed by atoms with Crippen molar-refractivity contribution in [3.8, 4) is 11.5 Å². The molecular formula is C11H12F3NO2. The minimum atomic E-state index is -4.31. The van der Waals surface area contributed by atoms with Crippen LogP contribution in [0.3, 0.4) is 0 Å². The van der Waals surface area contributed by atoms with Gasteiger partial charge in [-0.15, -0.1) is 0 Å². The van der Waals surface area contributed by atoms with Gasteiger partial charge in [-0.1, -0.05) is 0 Å². The van der Waals surface area contributed by atoms with E-state index in [1.165, 1.54) is 12.1 Å². The lowest BCUT2D eigenvalue weighted by Crippen LogP contribution is -2.43. The third kappa shape index (κ3) is 2.46. The number of aromatic hydroxyl groups is 2. The molecule has 2 rings (SSSR count). The molecule has 94 valence electrons. The Balaban J connectivity index is 2.34. The zero-order valence-electron chi connectivity index (χ0n) is 8.88. The molecule has 1 aromatic carbocycles. The SMILES string of the molecule is Oc1cc2c(cc1O)CC(C(F)(F)F)NCC2. The second-order valence-corrected chi connectivity index (χ2v) is 4.11. The van der Waals surface area contributed by atoms with Gasteiger partial charge in [-0.25, -0.2) is 0 Å². The molecule has 1 aliphatic heterocycles. The van der Waals surface area contributed by atoms with Gasteiger partial charge in [0.1, 0.15) is 6.04 Å². The number of hydrogen-bond donors (Lipinski definition) is 3. The molecule has 0 saturated carbocycles. The summed E-state index contributed by atoms with van der Waals surface area (Å²) in [6.07, 6.45) is -4.14. The molecule has 0 saturated heterocycles. The summed E-state index contributed by atoms with van der Waals surface area (Å²) in [5.41, 5.74) is 1.06. The van der Waals surface area contributed by atoms with E-state index in [4.69, 9.17) is 0 Å². The smallest absolute Gasteiger partial charge is 0.404 e. The zero-order chi connectivity index (χ0) is 12.6. The van der Waals surface area contributed by atoms with Crippen LogP contribution >= 0.6 is 0 Å². The molecule has 6 heteroatoms. The van der Waals surface area contributed by atoms with Crippen molar-refractivity contribution >= 4 is 0 Å². The van der Waals surface area contributed by atoms with Crippen molar-refractivity contribution in [2.75, 3.05) is 6.54 Å². The topological polar surface area (TPSA) is 52.5 Å². The largest absolute Gasteiger partial charge is 0.504 e. The van der Waals surface area contributed by atoms with Crippen molar-refractivity contribution in [2.24, 2.45) is 0 Å². The van der Waals surface area contributed by atoms with Gasteiger partial charge in [-0.2, -0.15) is 13.2 Å². The summed E-state index contributed by atoms with van der Waals surface area (Å²) in [4.78, 5) is 0. The van der Waals surface area contributed by atoms with Gasteiger partial charge >= 0.3 is 6.18 Å². The molecule has 1 atom stereocenters. The van der Waals surface area contributed by atoms with E-state index in [1.807, 2.05) is 0 Å². The minimum Gasteiger partial charge on any atom is -0.504 e. The van der Waals surface area contributed by atoms with E-state index >= 15 is 0 Å². The predicted molar refractivity (Wildman–Crippen MR) is 55.0 cm³/mol. The van der Waals surface area contributed by atoms with Crippen LogP contribution in [0.4, 0.5) is 13.2 Å². The van der Waals surface area contributed by atoms with Crippen LogP contribution in [0.25, 0.3) is 0 Å². The first-order chi connectivity index (χ1) is 7.88. The Morgan fingerprint density at radius 1 is 1.12 bits per heavy atom. The normalized spacial score (nSPS) is 20.8. The van der Waals surface area contributed by atoms with E-state index in [-0.39, 0.29) is 24.5 Å². The third-order valence-electron chi connectivity index (χ3n) is 2.90. The second kappa shape index (κ2) is 4.10. The van der Waals surface area contributed by atoms with Gasteiger partial charge in [-0.3, -0.25) is 0 Å². The van der Waals surface area contributed by atoms with Gasteiger partial charge in [0.2, 0.25) is 0 Å². The predicted octanol–water partition coefficient (Wildman–Crippen LogP) is 1.72. The molecule has 3 nitrogen and oxygen atoms in total. The summed E-state index contributed by atoms with van der Waals surface area (Å²) in [7, 11) is 0. The standard InChI is InChI=1S/C11H12F3NO2/c12-11(13,14)10-5-7-4-9(17)8(16)3-6(7)1-2-15-10/h3-4,10,15-17H,1-2,5H2. The first kappa shape index (κ1) is 12.0. The van der Waals surface area contributed by atoms with E-state index < -0.39 is 12.2 Å². The first-order valence-electron chi connectivity index (χ1n) is 5.22. The maximum atomic E-state index is 12.6. The number of halogens is 3. The van der Waals surface area contributed by atoms with Crippen molar-refractivity contribution in [3.05, 3.63) is 23.3 Å². The maximum absolute atomic E-state index is 12.6. The van der Waals surface area contributed by atoms with Crippen LogP contribution in [-0.4, -0.2) is 29.0 Å². The highest BCUT2D eigenvalue weighted by molar-refractivity contribution is 5.46. The summed E-state index contributed by atoms with van der Waals surface area (Å²) in [6.45, 7) is 0.196. The lowest BCUT2D eigenvalue weighted by atomic mass is 9.99. The molecule has 1 aromatic rings. The number of hydrogen-bond acceptors (Lipinski definition) is 3. The quantitative estimate of drug-likeness (QED) is 0.612. The minimum absolute atomic E-state index is 0.196. The zero-order valence-corrected chi connectivity index (χ0v) is 8.88. The molecule has 0 bridgehead atoms. The van der Waals surface area contributed by atoms with Gasteiger partial charge in [0.15, 0.2) is 11.5 Å². The maximum Gasteiger partial charge on any atom is 0.404 e. The highest BCUT2D eigenvalue weighted by Crippen LogP contribution is 2.32. The Morgan fingerprint density at radius 3 is 2.29 bits per heavy atom. The number of alkyl halides is 3. The van der Waals surface area contributed by atoms with Crippen LogP contribution in [0.1, 0.15) is 11.1 Å². The Kier molecular flexibility index (Phi) is 2.91. The summed E-state index contributed by atoms with van der Waals surface area (Å²) < 4.78 is 37.9. The summed E-state index contributed by atoms with van der Waals surface area (Å²) in [5, 5.41) is 21.0. The van der Waals surface area contributed by atoms with Crippen LogP contribution in [0.15, 0.2) is 12.1 Å². The van der Waals surface area contributed by atoms with E-state index in [2.05, 4.69) is 5.32 Å². The van der Waals surface area contributed by atoms with E-state index in [1.54, 1.807) is 0 Å². The number of phenolic OH excluding ortho intramolecular Hbond substituents is 2. The molecular weight excluding hydrogens is 235 g/mol. The average molecular weight is 247 g/mol. The summed E-state index contributed by atoms with van der Waals surface area (Å²) in [6, 6.07) is 0.925. The van der Waals surface area contributed by atoms with Crippen LogP contribution in [-0.2, 0) is 12.8 Å². The van der Waals surface area contributed by atoms with E-state index in [9.17, 15) is 23.4 Å². The Labute approximate surface area is 95.9 Å². The van der Waals surface area contributed by atoms with Gasteiger partial charge < -0.3 is 15.5 Å². The number of rotatable bonds is 0. The Morgan fingerprint density at radius 2 is 1.71 bits per heavy atom. The monoisotopic (exact) mass is 247 g/mol. The number of fused-ring (bicyclic) bond motifs is 1. The van der Waals surface area contributed by atoms with Gasteiger partial charge in [0.05, 0.1) is 0 Å². The highest BCUT2D eigenvalue weighted by Gasteiger charge is 2.40. The average Bonchev–Trinajstić information content (AvgIpc) is 2.40. The molecule has 0 fully saturated rings. The summed E-state index contributed by atoms with van der Waals surface area (Å²) in [5.74, 6) is -0.680. The molecule has 0 amide bonds. The van der Waals surface area contributed by atoms with Gasteiger partial charge in [-0.05, 0) is 42.6 Å². The fraction of sp³-hybridized carbons (Fsp3) is 0.455. The van der Waals surface area contributed by atoms with E-state index in [0.717, 1.165) is 0 Å². The molecule has 0 radical (unpaired) electrons. The molecule has 0 spiro atoms.